The van der Waals surface area contributed by atoms with E-state index in [1.165, 1.54) is 12.8 Å². The van der Waals surface area contributed by atoms with Crippen molar-refractivity contribution in [3.05, 3.63) is 18.0 Å². The number of aromatic nitrogens is 2. The predicted octanol–water partition coefficient (Wildman–Crippen LogP) is 1.78. The largest absolute Gasteiger partial charge is 0.340 e. The zero-order valence-corrected chi connectivity index (χ0v) is 10.0. The summed E-state index contributed by atoms with van der Waals surface area (Å²) in [5, 5.41) is 4.27. The first-order chi connectivity index (χ1) is 7.70. The summed E-state index contributed by atoms with van der Waals surface area (Å²) in [6.45, 7) is 3.85. The van der Waals surface area contributed by atoms with Gasteiger partial charge in [-0.2, -0.15) is 5.10 Å². The molecule has 1 aliphatic rings. The normalized spacial score (nSPS) is 15.1. The minimum atomic E-state index is 0.0433. The highest BCUT2D eigenvalue weighted by atomic mass is 16.2. The maximum absolute atomic E-state index is 12.0. The predicted molar refractivity (Wildman–Crippen MR) is 62.2 cm³/mol. The van der Waals surface area contributed by atoms with Crippen molar-refractivity contribution in [3.63, 3.8) is 0 Å². The monoisotopic (exact) mass is 221 g/mol. The average molecular weight is 221 g/mol. The van der Waals surface area contributed by atoms with Crippen LogP contribution in [0, 0.1) is 5.92 Å². The van der Waals surface area contributed by atoms with Crippen molar-refractivity contribution < 1.29 is 4.79 Å². The molecule has 0 bridgehead atoms. The lowest BCUT2D eigenvalue weighted by Crippen LogP contribution is -2.29. The van der Waals surface area contributed by atoms with Crippen molar-refractivity contribution >= 4 is 5.91 Å². The Morgan fingerprint density at radius 1 is 1.62 bits per heavy atom. The van der Waals surface area contributed by atoms with Crippen molar-refractivity contribution in [3.8, 4) is 0 Å². The van der Waals surface area contributed by atoms with Crippen LogP contribution in [0.15, 0.2) is 12.3 Å². The van der Waals surface area contributed by atoms with Crippen LogP contribution < -0.4 is 0 Å². The van der Waals surface area contributed by atoms with Gasteiger partial charge in [0.1, 0.15) is 5.69 Å². The molecule has 1 aromatic rings. The van der Waals surface area contributed by atoms with Crippen molar-refractivity contribution in [1.29, 1.82) is 0 Å². The van der Waals surface area contributed by atoms with Crippen LogP contribution in [0.1, 0.15) is 36.7 Å². The number of rotatable bonds is 5. The molecule has 1 amide bonds. The molecule has 0 saturated heterocycles. The molecular formula is C12H19N3O. The smallest absolute Gasteiger partial charge is 0.274 e. The van der Waals surface area contributed by atoms with E-state index < -0.39 is 0 Å². The number of carbonyl (C=O) groups excluding carboxylic acids is 1. The van der Waals surface area contributed by atoms with Crippen LogP contribution in [0.4, 0.5) is 0 Å². The third-order valence-electron chi connectivity index (χ3n) is 2.89. The Bertz CT molecular complexity index is 368. The Kier molecular flexibility index (Phi) is 3.27. The molecule has 0 unspecified atom stereocenters. The fraction of sp³-hybridized carbons (Fsp3) is 0.667. The summed E-state index contributed by atoms with van der Waals surface area (Å²) in [4.78, 5) is 13.8. The zero-order chi connectivity index (χ0) is 11.5. The summed E-state index contributed by atoms with van der Waals surface area (Å²) in [5.74, 6) is 0.772. The third kappa shape index (κ3) is 2.62. The van der Waals surface area contributed by atoms with E-state index in [0.29, 0.717) is 5.69 Å². The summed E-state index contributed by atoms with van der Waals surface area (Å²) in [6, 6.07) is 1.81. The molecule has 0 atom stereocenters. The van der Waals surface area contributed by atoms with E-state index in [4.69, 9.17) is 0 Å². The van der Waals surface area contributed by atoms with Gasteiger partial charge in [0, 0.05) is 26.3 Å². The number of hydrogen-bond donors (Lipinski definition) is 0. The van der Waals surface area contributed by atoms with Crippen LogP contribution in [0.5, 0.6) is 0 Å². The summed E-state index contributed by atoms with van der Waals surface area (Å²) in [6.07, 6.45) is 5.44. The lowest BCUT2D eigenvalue weighted by molar-refractivity contribution is 0.0782. The summed E-state index contributed by atoms with van der Waals surface area (Å²) < 4.78 is 1.83. The van der Waals surface area contributed by atoms with E-state index in [1.807, 2.05) is 17.9 Å². The quantitative estimate of drug-likeness (QED) is 0.760. The number of hydrogen-bond acceptors (Lipinski definition) is 2. The van der Waals surface area contributed by atoms with Crippen LogP contribution in [0.3, 0.4) is 0 Å². The molecule has 1 aromatic heterocycles. The van der Waals surface area contributed by atoms with Crippen LogP contribution in [0.2, 0.25) is 0 Å². The van der Waals surface area contributed by atoms with Crippen molar-refractivity contribution in [1.82, 2.24) is 14.7 Å². The molecule has 1 aliphatic carbocycles. The van der Waals surface area contributed by atoms with Crippen LogP contribution in [0.25, 0.3) is 0 Å². The Morgan fingerprint density at radius 3 is 3.00 bits per heavy atom. The number of nitrogens with zero attached hydrogens (tertiary/aromatic N) is 3. The molecule has 0 aromatic carbocycles. The van der Waals surface area contributed by atoms with Gasteiger partial charge in [0.05, 0.1) is 0 Å². The fourth-order valence-electron chi connectivity index (χ4n) is 1.80. The van der Waals surface area contributed by atoms with Gasteiger partial charge in [-0.05, 0) is 31.2 Å². The van der Waals surface area contributed by atoms with Gasteiger partial charge < -0.3 is 4.90 Å². The molecule has 1 heterocycles. The van der Waals surface area contributed by atoms with Crippen LogP contribution in [-0.4, -0.2) is 34.2 Å². The van der Waals surface area contributed by atoms with Gasteiger partial charge in [0.25, 0.3) is 5.91 Å². The number of aryl methyl sites for hydroxylation is 1. The lowest BCUT2D eigenvalue weighted by Gasteiger charge is -2.14. The van der Waals surface area contributed by atoms with Gasteiger partial charge in [-0.15, -0.1) is 0 Å². The van der Waals surface area contributed by atoms with Crippen molar-refractivity contribution in [2.45, 2.75) is 32.7 Å². The zero-order valence-electron chi connectivity index (χ0n) is 10.0. The first kappa shape index (κ1) is 11.2. The van der Waals surface area contributed by atoms with E-state index in [0.717, 1.165) is 25.4 Å². The van der Waals surface area contributed by atoms with Crippen molar-refractivity contribution in [2.24, 2.45) is 5.92 Å². The van der Waals surface area contributed by atoms with E-state index in [2.05, 4.69) is 12.0 Å². The Morgan fingerprint density at radius 2 is 2.38 bits per heavy atom. The van der Waals surface area contributed by atoms with E-state index in [9.17, 15) is 4.79 Å². The van der Waals surface area contributed by atoms with Gasteiger partial charge in [0.15, 0.2) is 0 Å². The molecular weight excluding hydrogens is 202 g/mol. The second kappa shape index (κ2) is 4.68. The Balaban J connectivity index is 1.95. The van der Waals surface area contributed by atoms with E-state index in [1.54, 1.807) is 11.0 Å². The second-order valence-corrected chi connectivity index (χ2v) is 4.59. The standard InChI is InChI=1S/C12H19N3O/c1-3-7-15-8-6-11(13-15)12(16)14(2)9-10-4-5-10/h6,8,10H,3-5,7,9H2,1-2H3. The van der Waals surface area contributed by atoms with Crippen molar-refractivity contribution in [2.75, 3.05) is 13.6 Å². The number of amides is 1. The highest BCUT2D eigenvalue weighted by Gasteiger charge is 2.25. The van der Waals surface area contributed by atoms with Gasteiger partial charge in [-0.1, -0.05) is 6.92 Å². The molecule has 0 aliphatic heterocycles. The molecule has 0 N–H and O–H groups in total. The van der Waals surface area contributed by atoms with E-state index >= 15 is 0 Å². The van der Waals surface area contributed by atoms with Gasteiger partial charge in [-0.25, -0.2) is 0 Å². The number of carbonyl (C=O) groups is 1. The molecule has 4 nitrogen and oxygen atoms in total. The molecule has 88 valence electrons. The topological polar surface area (TPSA) is 38.1 Å². The Hall–Kier alpha value is -1.32. The lowest BCUT2D eigenvalue weighted by atomic mass is 10.3. The first-order valence-electron chi connectivity index (χ1n) is 5.99. The van der Waals surface area contributed by atoms with Crippen LogP contribution >= 0.6 is 0 Å². The maximum atomic E-state index is 12.0. The summed E-state index contributed by atoms with van der Waals surface area (Å²) in [7, 11) is 1.86. The molecule has 2 rings (SSSR count). The Labute approximate surface area is 96.2 Å². The van der Waals surface area contributed by atoms with Gasteiger partial charge in [0.2, 0.25) is 0 Å². The van der Waals surface area contributed by atoms with Crippen LogP contribution in [-0.2, 0) is 6.54 Å². The molecule has 1 fully saturated rings. The molecule has 16 heavy (non-hydrogen) atoms. The SMILES string of the molecule is CCCn1ccc(C(=O)N(C)CC2CC2)n1. The molecule has 0 radical (unpaired) electrons. The minimum absolute atomic E-state index is 0.0433. The average Bonchev–Trinajstić information content (AvgIpc) is 2.95. The summed E-state index contributed by atoms with van der Waals surface area (Å²) in [5.41, 5.74) is 0.566. The molecule has 0 spiro atoms. The first-order valence-corrected chi connectivity index (χ1v) is 5.99. The highest BCUT2D eigenvalue weighted by Crippen LogP contribution is 2.29. The fourth-order valence-corrected chi connectivity index (χ4v) is 1.80. The maximum Gasteiger partial charge on any atom is 0.274 e. The van der Waals surface area contributed by atoms with E-state index in [-0.39, 0.29) is 5.91 Å². The van der Waals surface area contributed by atoms with Gasteiger partial charge >= 0.3 is 0 Å². The molecule has 4 heteroatoms. The van der Waals surface area contributed by atoms with Gasteiger partial charge in [-0.3, -0.25) is 9.48 Å². The third-order valence-corrected chi connectivity index (χ3v) is 2.89. The minimum Gasteiger partial charge on any atom is -0.340 e. The second-order valence-electron chi connectivity index (χ2n) is 4.59. The summed E-state index contributed by atoms with van der Waals surface area (Å²) >= 11 is 0. The molecule has 1 saturated carbocycles. The highest BCUT2D eigenvalue weighted by molar-refractivity contribution is 5.92.